The van der Waals surface area contributed by atoms with Gasteiger partial charge in [-0.2, -0.15) is 0 Å². The summed E-state index contributed by atoms with van der Waals surface area (Å²) in [6.07, 6.45) is 0. The molecule has 4 nitrogen and oxygen atoms in total. The highest BCUT2D eigenvalue weighted by atomic mass is 16.2. The van der Waals surface area contributed by atoms with Gasteiger partial charge in [0.1, 0.15) is 0 Å². The van der Waals surface area contributed by atoms with Gasteiger partial charge in [-0.25, -0.2) is 0 Å². The first-order valence-electron chi connectivity index (χ1n) is 3.90. The lowest BCUT2D eigenvalue weighted by Gasteiger charge is -2.31. The number of nitrogens with two attached hydrogens (primary N) is 1. The number of likely N-dealkylation sites (N-methyl/N-ethyl adjacent to an activating group) is 1. The molecule has 0 aromatic rings. The molecule has 1 aliphatic rings. The minimum atomic E-state index is 0.198. The minimum absolute atomic E-state index is 0.198. The molecule has 0 radical (unpaired) electrons. The van der Waals surface area contributed by atoms with Crippen LogP contribution in [0, 0.1) is 0 Å². The molecule has 1 saturated heterocycles. The number of carbonyl (C=O) groups is 1. The number of hydrogen-bond donors (Lipinski definition) is 1. The van der Waals surface area contributed by atoms with Crippen LogP contribution in [0.25, 0.3) is 0 Å². The quantitative estimate of drug-likeness (QED) is 0.543. The standard InChI is InChI=1S/C7H15N3O/c1-9-4-5-10(3-2-8)7(11)6-9/h2-6,8H2,1H3. The van der Waals surface area contributed by atoms with Gasteiger partial charge in [0, 0.05) is 26.2 Å². The van der Waals surface area contributed by atoms with Crippen molar-refractivity contribution in [2.45, 2.75) is 0 Å². The third kappa shape index (κ3) is 2.17. The van der Waals surface area contributed by atoms with Crippen LogP contribution in [0.2, 0.25) is 0 Å². The summed E-state index contributed by atoms with van der Waals surface area (Å²) in [7, 11) is 1.96. The molecular formula is C7H15N3O. The molecule has 0 aliphatic carbocycles. The fraction of sp³-hybridized carbons (Fsp3) is 0.857. The maximum Gasteiger partial charge on any atom is 0.236 e. The predicted molar refractivity (Wildman–Crippen MR) is 43.1 cm³/mol. The van der Waals surface area contributed by atoms with E-state index in [9.17, 15) is 4.79 Å². The van der Waals surface area contributed by atoms with E-state index in [4.69, 9.17) is 5.73 Å². The lowest BCUT2D eigenvalue weighted by Crippen LogP contribution is -2.50. The van der Waals surface area contributed by atoms with E-state index in [0.717, 1.165) is 13.1 Å². The smallest absolute Gasteiger partial charge is 0.236 e. The second-order valence-electron chi connectivity index (χ2n) is 2.91. The van der Waals surface area contributed by atoms with E-state index in [-0.39, 0.29) is 5.91 Å². The fourth-order valence-electron chi connectivity index (χ4n) is 1.22. The normalized spacial score (nSPS) is 20.9. The predicted octanol–water partition coefficient (Wildman–Crippen LogP) is -1.28. The van der Waals surface area contributed by atoms with Gasteiger partial charge in [-0.15, -0.1) is 0 Å². The summed E-state index contributed by atoms with van der Waals surface area (Å²) in [6, 6.07) is 0. The third-order valence-corrected chi connectivity index (χ3v) is 1.91. The van der Waals surface area contributed by atoms with Gasteiger partial charge in [0.05, 0.1) is 6.54 Å². The van der Waals surface area contributed by atoms with Crippen molar-refractivity contribution in [2.24, 2.45) is 5.73 Å². The Bertz CT molecular complexity index is 149. The topological polar surface area (TPSA) is 49.6 Å². The van der Waals surface area contributed by atoms with Gasteiger partial charge in [-0.05, 0) is 7.05 Å². The molecule has 1 amide bonds. The van der Waals surface area contributed by atoms with E-state index < -0.39 is 0 Å². The highest BCUT2D eigenvalue weighted by Crippen LogP contribution is 1.98. The van der Waals surface area contributed by atoms with Crippen molar-refractivity contribution in [3.05, 3.63) is 0 Å². The van der Waals surface area contributed by atoms with Gasteiger partial charge >= 0.3 is 0 Å². The minimum Gasteiger partial charge on any atom is -0.339 e. The molecular weight excluding hydrogens is 142 g/mol. The Morgan fingerprint density at radius 1 is 1.55 bits per heavy atom. The largest absolute Gasteiger partial charge is 0.339 e. The summed E-state index contributed by atoms with van der Waals surface area (Å²) in [6.45, 7) is 3.60. The molecule has 1 aliphatic heterocycles. The van der Waals surface area contributed by atoms with E-state index >= 15 is 0 Å². The number of hydrogen-bond acceptors (Lipinski definition) is 3. The Labute approximate surface area is 66.9 Å². The van der Waals surface area contributed by atoms with Crippen molar-refractivity contribution in [3.8, 4) is 0 Å². The Balaban J connectivity index is 2.38. The van der Waals surface area contributed by atoms with E-state index in [1.165, 1.54) is 0 Å². The SMILES string of the molecule is CN1CCN(CCN)C(=O)C1. The zero-order chi connectivity index (χ0) is 8.27. The number of rotatable bonds is 2. The molecule has 0 atom stereocenters. The molecule has 0 bridgehead atoms. The molecule has 0 aromatic heterocycles. The Hall–Kier alpha value is -0.610. The van der Waals surface area contributed by atoms with Gasteiger partial charge in [0.2, 0.25) is 5.91 Å². The molecule has 2 N–H and O–H groups in total. The van der Waals surface area contributed by atoms with Gasteiger partial charge < -0.3 is 10.6 Å². The molecule has 1 heterocycles. The summed E-state index contributed by atoms with van der Waals surface area (Å²) in [5.74, 6) is 0.198. The molecule has 1 rings (SSSR count). The summed E-state index contributed by atoms with van der Waals surface area (Å²) >= 11 is 0. The van der Waals surface area contributed by atoms with Crippen LogP contribution in [0.1, 0.15) is 0 Å². The lowest BCUT2D eigenvalue weighted by molar-refractivity contribution is -0.135. The average Bonchev–Trinajstić information content (AvgIpc) is 1.95. The second-order valence-corrected chi connectivity index (χ2v) is 2.91. The molecule has 64 valence electrons. The summed E-state index contributed by atoms with van der Waals surface area (Å²) in [5, 5.41) is 0. The molecule has 0 unspecified atom stereocenters. The average molecular weight is 157 g/mol. The van der Waals surface area contributed by atoms with Crippen molar-refractivity contribution in [2.75, 3.05) is 39.8 Å². The van der Waals surface area contributed by atoms with Crippen molar-refractivity contribution in [1.29, 1.82) is 0 Å². The monoisotopic (exact) mass is 157 g/mol. The highest BCUT2D eigenvalue weighted by Gasteiger charge is 2.19. The summed E-state index contributed by atoms with van der Waals surface area (Å²) < 4.78 is 0. The molecule has 0 spiro atoms. The van der Waals surface area contributed by atoms with Crippen LogP contribution in [0.4, 0.5) is 0 Å². The number of piperazine rings is 1. The highest BCUT2D eigenvalue weighted by molar-refractivity contribution is 5.78. The molecule has 4 heteroatoms. The second kappa shape index (κ2) is 3.69. The van der Waals surface area contributed by atoms with Crippen LogP contribution in [0.5, 0.6) is 0 Å². The van der Waals surface area contributed by atoms with Gasteiger partial charge in [-0.3, -0.25) is 9.69 Å². The Morgan fingerprint density at radius 2 is 2.27 bits per heavy atom. The van der Waals surface area contributed by atoms with Crippen LogP contribution in [0.15, 0.2) is 0 Å². The Kier molecular flexibility index (Phi) is 2.84. The molecule has 0 aromatic carbocycles. The van der Waals surface area contributed by atoms with Crippen LogP contribution in [-0.4, -0.2) is 55.5 Å². The van der Waals surface area contributed by atoms with E-state index in [2.05, 4.69) is 0 Å². The van der Waals surface area contributed by atoms with Crippen molar-refractivity contribution in [3.63, 3.8) is 0 Å². The number of nitrogens with zero attached hydrogens (tertiary/aromatic N) is 2. The van der Waals surface area contributed by atoms with Crippen molar-refractivity contribution >= 4 is 5.91 Å². The first-order valence-corrected chi connectivity index (χ1v) is 3.90. The molecule has 11 heavy (non-hydrogen) atoms. The summed E-state index contributed by atoms with van der Waals surface area (Å²) in [5.41, 5.74) is 5.35. The summed E-state index contributed by atoms with van der Waals surface area (Å²) in [4.78, 5) is 15.1. The van der Waals surface area contributed by atoms with E-state index in [1.807, 2.05) is 16.8 Å². The lowest BCUT2D eigenvalue weighted by atomic mass is 10.3. The van der Waals surface area contributed by atoms with Crippen molar-refractivity contribution in [1.82, 2.24) is 9.80 Å². The number of carbonyl (C=O) groups excluding carboxylic acids is 1. The van der Waals surface area contributed by atoms with Crippen LogP contribution in [0.3, 0.4) is 0 Å². The first-order chi connectivity index (χ1) is 5.24. The zero-order valence-corrected chi connectivity index (χ0v) is 6.92. The maximum atomic E-state index is 11.2. The molecule has 1 fully saturated rings. The van der Waals surface area contributed by atoms with Crippen LogP contribution < -0.4 is 5.73 Å². The Morgan fingerprint density at radius 3 is 2.82 bits per heavy atom. The molecule has 0 saturated carbocycles. The van der Waals surface area contributed by atoms with E-state index in [1.54, 1.807) is 0 Å². The van der Waals surface area contributed by atoms with E-state index in [0.29, 0.717) is 19.6 Å². The number of amides is 1. The van der Waals surface area contributed by atoms with Crippen LogP contribution in [-0.2, 0) is 4.79 Å². The van der Waals surface area contributed by atoms with Gasteiger partial charge in [0.25, 0.3) is 0 Å². The zero-order valence-electron chi connectivity index (χ0n) is 6.92. The van der Waals surface area contributed by atoms with Crippen LogP contribution >= 0.6 is 0 Å². The van der Waals surface area contributed by atoms with Crippen molar-refractivity contribution < 1.29 is 4.79 Å². The first kappa shape index (κ1) is 8.49. The third-order valence-electron chi connectivity index (χ3n) is 1.91. The fourth-order valence-corrected chi connectivity index (χ4v) is 1.22. The van der Waals surface area contributed by atoms with Gasteiger partial charge in [0.15, 0.2) is 0 Å². The van der Waals surface area contributed by atoms with Gasteiger partial charge in [-0.1, -0.05) is 0 Å². The maximum absolute atomic E-state index is 11.2.